The standard InChI is InChI=1S/C14H19N3O2S/c1-3-17-10-11(8-16-17)13(14(18)19-4-2)15-9-12-6-5-7-20-12/h5-8,10,13,15H,3-4,9H2,1-2H3. The average molecular weight is 293 g/mol. The maximum atomic E-state index is 12.1. The van der Waals surface area contributed by atoms with E-state index in [2.05, 4.69) is 10.4 Å². The first-order valence-corrected chi connectivity index (χ1v) is 7.57. The predicted octanol–water partition coefficient (Wildman–Crippen LogP) is 2.36. The van der Waals surface area contributed by atoms with Crippen molar-refractivity contribution in [3.63, 3.8) is 0 Å². The van der Waals surface area contributed by atoms with Crippen LogP contribution in [-0.2, 0) is 22.6 Å². The fourth-order valence-corrected chi connectivity index (χ4v) is 2.54. The molecule has 0 aliphatic carbocycles. The Hall–Kier alpha value is -1.66. The molecule has 0 saturated carbocycles. The fraction of sp³-hybridized carbons (Fsp3) is 0.429. The van der Waals surface area contributed by atoms with Gasteiger partial charge in [-0.25, -0.2) is 4.79 Å². The van der Waals surface area contributed by atoms with Crippen LogP contribution in [0.15, 0.2) is 29.9 Å². The fourth-order valence-electron chi connectivity index (χ4n) is 1.88. The number of ether oxygens (including phenoxy) is 1. The van der Waals surface area contributed by atoms with E-state index in [1.54, 1.807) is 22.2 Å². The maximum Gasteiger partial charge on any atom is 0.327 e. The van der Waals surface area contributed by atoms with E-state index in [0.717, 1.165) is 12.1 Å². The van der Waals surface area contributed by atoms with Gasteiger partial charge < -0.3 is 4.74 Å². The van der Waals surface area contributed by atoms with Crippen LogP contribution in [0.4, 0.5) is 0 Å². The maximum absolute atomic E-state index is 12.1. The topological polar surface area (TPSA) is 56.1 Å². The van der Waals surface area contributed by atoms with E-state index < -0.39 is 6.04 Å². The van der Waals surface area contributed by atoms with Crippen LogP contribution in [0.25, 0.3) is 0 Å². The van der Waals surface area contributed by atoms with Gasteiger partial charge in [-0.05, 0) is 25.3 Å². The van der Waals surface area contributed by atoms with Gasteiger partial charge in [-0.15, -0.1) is 11.3 Å². The van der Waals surface area contributed by atoms with E-state index >= 15 is 0 Å². The summed E-state index contributed by atoms with van der Waals surface area (Å²) in [5, 5.41) is 9.48. The van der Waals surface area contributed by atoms with E-state index in [-0.39, 0.29) is 5.97 Å². The SMILES string of the molecule is CCOC(=O)C(NCc1cccs1)c1cnn(CC)c1. The summed E-state index contributed by atoms with van der Waals surface area (Å²) >= 11 is 1.66. The lowest BCUT2D eigenvalue weighted by molar-refractivity contribution is -0.145. The first-order chi connectivity index (χ1) is 9.74. The molecule has 5 nitrogen and oxygen atoms in total. The second-order valence-electron chi connectivity index (χ2n) is 4.27. The number of nitrogens with zero attached hydrogens (tertiary/aromatic N) is 2. The van der Waals surface area contributed by atoms with Gasteiger partial charge in [0.25, 0.3) is 0 Å². The van der Waals surface area contributed by atoms with Gasteiger partial charge in [0.1, 0.15) is 6.04 Å². The lowest BCUT2D eigenvalue weighted by Gasteiger charge is -2.15. The zero-order valence-corrected chi connectivity index (χ0v) is 12.5. The summed E-state index contributed by atoms with van der Waals surface area (Å²) in [5.74, 6) is -0.264. The van der Waals surface area contributed by atoms with Crippen LogP contribution in [-0.4, -0.2) is 22.4 Å². The Balaban J connectivity index is 2.09. The molecule has 20 heavy (non-hydrogen) atoms. The smallest absolute Gasteiger partial charge is 0.327 e. The highest BCUT2D eigenvalue weighted by Gasteiger charge is 2.23. The van der Waals surface area contributed by atoms with Crippen molar-refractivity contribution in [1.82, 2.24) is 15.1 Å². The molecule has 0 radical (unpaired) electrons. The number of nitrogens with one attached hydrogen (secondary N) is 1. The molecular weight excluding hydrogens is 274 g/mol. The van der Waals surface area contributed by atoms with Gasteiger partial charge >= 0.3 is 5.97 Å². The van der Waals surface area contributed by atoms with Crippen LogP contribution in [0, 0.1) is 0 Å². The highest BCUT2D eigenvalue weighted by atomic mass is 32.1. The second-order valence-corrected chi connectivity index (χ2v) is 5.31. The molecule has 0 aromatic carbocycles. The number of hydrogen-bond acceptors (Lipinski definition) is 5. The molecule has 1 unspecified atom stereocenters. The Kier molecular flexibility index (Phi) is 5.31. The Morgan fingerprint density at radius 2 is 2.40 bits per heavy atom. The lowest BCUT2D eigenvalue weighted by atomic mass is 10.1. The minimum absolute atomic E-state index is 0.264. The molecule has 0 saturated heterocycles. The summed E-state index contributed by atoms with van der Waals surface area (Å²) in [6, 6.07) is 3.56. The normalized spacial score (nSPS) is 12.3. The number of rotatable bonds is 7. The predicted molar refractivity (Wildman–Crippen MR) is 78.4 cm³/mol. The average Bonchev–Trinajstić information content (AvgIpc) is 3.10. The molecule has 2 rings (SSSR count). The van der Waals surface area contributed by atoms with Crippen molar-refractivity contribution >= 4 is 17.3 Å². The Labute approximate surface area is 122 Å². The molecule has 0 spiro atoms. The summed E-state index contributed by atoms with van der Waals surface area (Å²) in [7, 11) is 0. The Morgan fingerprint density at radius 3 is 3.00 bits per heavy atom. The Bertz CT molecular complexity index is 536. The largest absolute Gasteiger partial charge is 0.465 e. The summed E-state index contributed by atoms with van der Waals surface area (Å²) in [6.45, 7) is 5.61. The van der Waals surface area contributed by atoms with Crippen molar-refractivity contribution in [3.8, 4) is 0 Å². The van der Waals surface area contributed by atoms with Crippen molar-refractivity contribution in [1.29, 1.82) is 0 Å². The summed E-state index contributed by atoms with van der Waals surface area (Å²) in [4.78, 5) is 13.3. The molecular formula is C14H19N3O2S. The first kappa shape index (κ1) is 14.7. The highest BCUT2D eigenvalue weighted by molar-refractivity contribution is 7.09. The van der Waals surface area contributed by atoms with Gasteiger partial charge in [0, 0.05) is 29.7 Å². The quantitative estimate of drug-likeness (QED) is 0.796. The van der Waals surface area contributed by atoms with E-state index in [1.165, 1.54) is 4.88 Å². The van der Waals surface area contributed by atoms with Crippen molar-refractivity contribution in [3.05, 3.63) is 40.3 Å². The van der Waals surface area contributed by atoms with E-state index in [4.69, 9.17) is 4.74 Å². The number of carbonyl (C=O) groups excluding carboxylic acids is 1. The third-order valence-electron chi connectivity index (χ3n) is 2.89. The monoisotopic (exact) mass is 293 g/mol. The number of thiophene rings is 1. The van der Waals surface area contributed by atoms with Crippen molar-refractivity contribution in [2.45, 2.75) is 33.0 Å². The molecule has 2 aromatic rings. The van der Waals surface area contributed by atoms with E-state index in [0.29, 0.717) is 13.2 Å². The molecule has 0 aliphatic rings. The lowest BCUT2D eigenvalue weighted by Crippen LogP contribution is -2.29. The van der Waals surface area contributed by atoms with Crippen LogP contribution in [0.5, 0.6) is 0 Å². The van der Waals surface area contributed by atoms with Crippen LogP contribution in [0.2, 0.25) is 0 Å². The number of aromatic nitrogens is 2. The molecule has 2 heterocycles. The Morgan fingerprint density at radius 1 is 1.55 bits per heavy atom. The highest BCUT2D eigenvalue weighted by Crippen LogP contribution is 2.16. The zero-order valence-electron chi connectivity index (χ0n) is 11.7. The molecule has 108 valence electrons. The van der Waals surface area contributed by atoms with E-state index in [9.17, 15) is 4.79 Å². The molecule has 6 heteroatoms. The van der Waals surface area contributed by atoms with Crippen molar-refractivity contribution in [2.24, 2.45) is 0 Å². The second kappa shape index (κ2) is 7.21. The van der Waals surface area contributed by atoms with Gasteiger partial charge in [-0.2, -0.15) is 5.10 Å². The van der Waals surface area contributed by atoms with Gasteiger partial charge in [0.05, 0.1) is 12.8 Å². The van der Waals surface area contributed by atoms with E-state index in [1.807, 2.05) is 37.6 Å². The minimum Gasteiger partial charge on any atom is -0.465 e. The third kappa shape index (κ3) is 3.68. The first-order valence-electron chi connectivity index (χ1n) is 6.69. The summed E-state index contributed by atoms with van der Waals surface area (Å²) in [5.41, 5.74) is 0.835. The van der Waals surface area contributed by atoms with Crippen LogP contribution < -0.4 is 5.32 Å². The summed E-state index contributed by atoms with van der Waals surface area (Å²) < 4.78 is 6.94. The minimum atomic E-state index is -0.475. The number of carbonyl (C=O) groups is 1. The number of aryl methyl sites for hydroxylation is 1. The van der Waals surface area contributed by atoms with Crippen LogP contribution in [0.1, 0.15) is 30.3 Å². The third-order valence-corrected chi connectivity index (χ3v) is 3.77. The van der Waals surface area contributed by atoms with Gasteiger partial charge in [-0.1, -0.05) is 6.07 Å². The van der Waals surface area contributed by atoms with Gasteiger partial charge in [-0.3, -0.25) is 10.00 Å². The molecule has 0 fully saturated rings. The van der Waals surface area contributed by atoms with Crippen LogP contribution >= 0.6 is 11.3 Å². The van der Waals surface area contributed by atoms with Gasteiger partial charge in [0.15, 0.2) is 0 Å². The van der Waals surface area contributed by atoms with Crippen molar-refractivity contribution in [2.75, 3.05) is 6.61 Å². The molecule has 0 amide bonds. The van der Waals surface area contributed by atoms with Crippen molar-refractivity contribution < 1.29 is 9.53 Å². The zero-order chi connectivity index (χ0) is 14.4. The molecule has 0 bridgehead atoms. The molecule has 0 aliphatic heterocycles. The molecule has 1 atom stereocenters. The van der Waals surface area contributed by atoms with Crippen LogP contribution in [0.3, 0.4) is 0 Å². The summed E-state index contributed by atoms with van der Waals surface area (Å²) in [6.07, 6.45) is 3.59. The van der Waals surface area contributed by atoms with Gasteiger partial charge in [0.2, 0.25) is 0 Å². The molecule has 1 N–H and O–H groups in total. The molecule has 2 aromatic heterocycles. The number of hydrogen-bond donors (Lipinski definition) is 1. The number of esters is 1.